The lowest BCUT2D eigenvalue weighted by Crippen LogP contribution is -2.59. The van der Waals surface area contributed by atoms with Crippen molar-refractivity contribution in [1.82, 2.24) is 4.90 Å². The number of nitrogens with two attached hydrogens (primary N) is 1. The minimum Gasteiger partial charge on any atom is -0.375 e. The van der Waals surface area contributed by atoms with Gasteiger partial charge in [-0.05, 0) is 25.8 Å². The Labute approximate surface area is 120 Å². The van der Waals surface area contributed by atoms with E-state index in [2.05, 4.69) is 6.92 Å². The molecule has 1 saturated heterocycles. The highest BCUT2D eigenvalue weighted by molar-refractivity contribution is 5.87. The Bertz CT molecular complexity index is 459. The van der Waals surface area contributed by atoms with Crippen LogP contribution < -0.4 is 5.73 Å². The van der Waals surface area contributed by atoms with Gasteiger partial charge >= 0.3 is 0 Å². The quantitative estimate of drug-likeness (QED) is 0.917. The van der Waals surface area contributed by atoms with E-state index in [0.717, 1.165) is 12.0 Å². The highest BCUT2D eigenvalue weighted by atomic mass is 16.5. The average Bonchev–Trinajstić information content (AvgIpc) is 2.47. The number of benzene rings is 1. The lowest BCUT2D eigenvalue weighted by Gasteiger charge is -2.42. The highest BCUT2D eigenvalue weighted by Crippen LogP contribution is 2.24. The van der Waals surface area contributed by atoms with E-state index in [4.69, 9.17) is 10.5 Å². The third-order valence-electron chi connectivity index (χ3n) is 4.02. The number of amides is 1. The predicted molar refractivity (Wildman–Crippen MR) is 79.2 cm³/mol. The molecule has 1 aliphatic rings. The van der Waals surface area contributed by atoms with E-state index in [1.165, 1.54) is 0 Å². The molecule has 2 rings (SSSR count). The number of hydrogen-bond donors (Lipinski definition) is 1. The van der Waals surface area contributed by atoms with Crippen LogP contribution in [0.3, 0.4) is 0 Å². The first-order chi connectivity index (χ1) is 9.46. The molecule has 4 nitrogen and oxygen atoms in total. The molecule has 4 heteroatoms. The third kappa shape index (κ3) is 2.86. The summed E-state index contributed by atoms with van der Waals surface area (Å²) in [5.74, 6) is -0.0225. The highest BCUT2D eigenvalue weighted by Gasteiger charge is 2.39. The van der Waals surface area contributed by atoms with Crippen molar-refractivity contribution in [3.8, 4) is 0 Å². The topological polar surface area (TPSA) is 55.6 Å². The number of ether oxygens (including phenoxy) is 1. The maximum absolute atomic E-state index is 12.9. The van der Waals surface area contributed by atoms with Gasteiger partial charge in [0, 0.05) is 6.54 Å². The smallest absolute Gasteiger partial charge is 0.247 e. The lowest BCUT2D eigenvalue weighted by atomic mass is 9.90. The molecule has 1 aliphatic heterocycles. The van der Waals surface area contributed by atoms with Crippen LogP contribution in [0.2, 0.25) is 0 Å². The zero-order valence-electron chi connectivity index (χ0n) is 12.5. The van der Waals surface area contributed by atoms with Gasteiger partial charge in [-0.1, -0.05) is 37.3 Å². The average molecular weight is 276 g/mol. The number of carbonyl (C=O) groups is 1. The van der Waals surface area contributed by atoms with Crippen LogP contribution in [-0.2, 0) is 15.1 Å². The van der Waals surface area contributed by atoms with E-state index in [0.29, 0.717) is 13.2 Å². The van der Waals surface area contributed by atoms with Crippen molar-refractivity contribution >= 4 is 5.91 Å². The van der Waals surface area contributed by atoms with Crippen LogP contribution in [0.4, 0.5) is 0 Å². The lowest BCUT2D eigenvalue weighted by molar-refractivity contribution is -0.150. The molecule has 3 unspecified atom stereocenters. The monoisotopic (exact) mass is 276 g/mol. The first-order valence-electron chi connectivity index (χ1n) is 7.24. The predicted octanol–water partition coefficient (Wildman–Crippen LogP) is 1.89. The zero-order valence-corrected chi connectivity index (χ0v) is 12.5. The summed E-state index contributed by atoms with van der Waals surface area (Å²) in [4.78, 5) is 14.8. The number of morpholine rings is 1. The number of rotatable bonds is 3. The summed E-state index contributed by atoms with van der Waals surface area (Å²) in [6, 6.07) is 9.67. The SMILES string of the molecule is CCC1COC(C)CN1C(=O)C(C)(N)c1ccccc1. The summed E-state index contributed by atoms with van der Waals surface area (Å²) in [6.45, 7) is 7.05. The third-order valence-corrected chi connectivity index (χ3v) is 4.02. The second-order valence-electron chi connectivity index (χ2n) is 5.73. The summed E-state index contributed by atoms with van der Waals surface area (Å²) in [5, 5.41) is 0. The van der Waals surface area contributed by atoms with Crippen LogP contribution in [-0.4, -0.2) is 36.1 Å². The van der Waals surface area contributed by atoms with Gasteiger partial charge in [-0.15, -0.1) is 0 Å². The van der Waals surface area contributed by atoms with E-state index in [1.54, 1.807) is 6.92 Å². The Kier molecular flexibility index (Phi) is 4.45. The maximum Gasteiger partial charge on any atom is 0.247 e. The molecule has 20 heavy (non-hydrogen) atoms. The molecule has 0 bridgehead atoms. The van der Waals surface area contributed by atoms with Crippen molar-refractivity contribution in [3.63, 3.8) is 0 Å². The van der Waals surface area contributed by atoms with Crippen LogP contribution in [0.15, 0.2) is 30.3 Å². The summed E-state index contributed by atoms with van der Waals surface area (Å²) in [5.41, 5.74) is 6.19. The molecular formula is C16H24N2O2. The molecule has 1 fully saturated rings. The standard InChI is InChI=1S/C16H24N2O2/c1-4-14-11-20-12(2)10-18(14)15(19)16(3,17)13-8-6-5-7-9-13/h5-9,12,14H,4,10-11,17H2,1-3H3. The van der Waals surface area contributed by atoms with Gasteiger partial charge in [-0.3, -0.25) is 4.79 Å². The fraction of sp³-hybridized carbons (Fsp3) is 0.562. The number of carbonyl (C=O) groups excluding carboxylic acids is 1. The van der Waals surface area contributed by atoms with Crippen molar-refractivity contribution < 1.29 is 9.53 Å². The molecule has 110 valence electrons. The summed E-state index contributed by atoms with van der Waals surface area (Å²) >= 11 is 0. The Morgan fingerprint density at radius 3 is 2.70 bits per heavy atom. The summed E-state index contributed by atoms with van der Waals surface area (Å²) in [6.07, 6.45) is 0.942. The maximum atomic E-state index is 12.9. The van der Waals surface area contributed by atoms with E-state index in [9.17, 15) is 4.79 Å². The van der Waals surface area contributed by atoms with Gasteiger partial charge in [-0.2, -0.15) is 0 Å². The minimum atomic E-state index is -0.994. The Morgan fingerprint density at radius 1 is 1.45 bits per heavy atom. The zero-order chi connectivity index (χ0) is 14.8. The first kappa shape index (κ1) is 15.0. The van der Waals surface area contributed by atoms with Crippen LogP contribution in [0.1, 0.15) is 32.8 Å². The molecular weight excluding hydrogens is 252 g/mol. The molecule has 1 heterocycles. The van der Waals surface area contributed by atoms with Crippen LogP contribution in [0.5, 0.6) is 0 Å². The Morgan fingerprint density at radius 2 is 2.10 bits per heavy atom. The van der Waals surface area contributed by atoms with Crippen molar-refractivity contribution in [2.24, 2.45) is 5.73 Å². The number of hydrogen-bond acceptors (Lipinski definition) is 3. The van der Waals surface area contributed by atoms with Gasteiger partial charge in [0.1, 0.15) is 5.54 Å². The Hall–Kier alpha value is -1.39. The van der Waals surface area contributed by atoms with E-state index < -0.39 is 5.54 Å². The molecule has 1 aromatic carbocycles. The largest absolute Gasteiger partial charge is 0.375 e. The second kappa shape index (κ2) is 5.94. The molecule has 0 saturated carbocycles. The minimum absolute atomic E-state index is 0.0225. The molecule has 1 amide bonds. The Balaban J connectivity index is 2.24. The van der Waals surface area contributed by atoms with E-state index in [-0.39, 0.29) is 18.1 Å². The second-order valence-corrected chi connectivity index (χ2v) is 5.73. The molecule has 1 aromatic rings. The van der Waals surface area contributed by atoms with Gasteiger partial charge in [0.2, 0.25) is 5.91 Å². The molecule has 3 atom stereocenters. The van der Waals surface area contributed by atoms with Crippen molar-refractivity contribution in [2.45, 2.75) is 44.9 Å². The molecule has 2 N–H and O–H groups in total. The van der Waals surface area contributed by atoms with Crippen LogP contribution >= 0.6 is 0 Å². The molecule has 0 radical (unpaired) electrons. The van der Waals surface area contributed by atoms with Crippen molar-refractivity contribution in [1.29, 1.82) is 0 Å². The van der Waals surface area contributed by atoms with Crippen LogP contribution in [0.25, 0.3) is 0 Å². The van der Waals surface area contributed by atoms with Gasteiger partial charge in [0.15, 0.2) is 0 Å². The molecule has 0 aromatic heterocycles. The van der Waals surface area contributed by atoms with Crippen LogP contribution in [0, 0.1) is 0 Å². The normalized spacial score (nSPS) is 26.1. The van der Waals surface area contributed by atoms with Gasteiger partial charge in [-0.25, -0.2) is 0 Å². The summed E-state index contributed by atoms with van der Waals surface area (Å²) < 4.78 is 5.65. The molecule has 0 spiro atoms. The van der Waals surface area contributed by atoms with Crippen molar-refractivity contribution in [2.75, 3.05) is 13.2 Å². The van der Waals surface area contributed by atoms with E-state index in [1.807, 2.05) is 42.2 Å². The van der Waals surface area contributed by atoms with E-state index >= 15 is 0 Å². The fourth-order valence-electron chi connectivity index (χ4n) is 2.64. The number of nitrogens with zero attached hydrogens (tertiary/aromatic N) is 1. The van der Waals surface area contributed by atoms with Gasteiger partial charge < -0.3 is 15.4 Å². The summed E-state index contributed by atoms with van der Waals surface area (Å²) in [7, 11) is 0. The fourth-order valence-corrected chi connectivity index (χ4v) is 2.64. The van der Waals surface area contributed by atoms with Gasteiger partial charge in [0.25, 0.3) is 0 Å². The molecule has 0 aliphatic carbocycles. The first-order valence-corrected chi connectivity index (χ1v) is 7.24. The van der Waals surface area contributed by atoms with Gasteiger partial charge in [0.05, 0.1) is 18.8 Å². The van der Waals surface area contributed by atoms with Crippen molar-refractivity contribution in [3.05, 3.63) is 35.9 Å².